The summed E-state index contributed by atoms with van der Waals surface area (Å²) in [5, 5.41) is 55.2. The average molecular weight is 844 g/mol. The van der Waals surface area contributed by atoms with Gasteiger partial charge in [-0.25, -0.2) is 0 Å². The van der Waals surface area contributed by atoms with Crippen molar-refractivity contribution in [3.05, 3.63) is 42.1 Å². The van der Waals surface area contributed by atoms with E-state index in [1.54, 1.807) is 0 Å². The number of hydrogen-bond donors (Lipinski definition) is 11. The molecule has 0 unspecified atom stereocenters. The van der Waals surface area contributed by atoms with E-state index in [1.165, 1.54) is 23.5 Å². The Morgan fingerprint density at radius 1 is 0.667 bits per heavy atom. The third-order valence-corrected chi connectivity index (χ3v) is 10.1. The maximum Gasteiger partial charge on any atom is 0.322 e. The van der Waals surface area contributed by atoms with E-state index in [2.05, 4.69) is 27.8 Å². The van der Waals surface area contributed by atoms with Crippen molar-refractivity contribution < 1.29 is 63.9 Å². The van der Waals surface area contributed by atoms with Gasteiger partial charge in [-0.05, 0) is 43.4 Å². The van der Waals surface area contributed by atoms with Gasteiger partial charge in [-0.3, -0.25) is 38.4 Å². The van der Waals surface area contributed by atoms with E-state index in [1.807, 2.05) is 29.2 Å². The first-order valence-electron chi connectivity index (χ1n) is 17.8. The molecular weight excluding hydrogens is 791 g/mol. The van der Waals surface area contributed by atoms with E-state index in [9.17, 15) is 38.4 Å². The number of carbonyl (C=O) groups excluding carboxylic acids is 3. The molecule has 0 aromatic heterocycles. The number of amides is 3. The van der Waals surface area contributed by atoms with E-state index in [0.29, 0.717) is 37.4 Å². The van der Waals surface area contributed by atoms with Crippen molar-refractivity contribution in [3.63, 3.8) is 0 Å². The fraction of sp³-hybridized carbons (Fsp3) is 0.543. The van der Waals surface area contributed by atoms with Crippen LogP contribution in [-0.4, -0.2) is 146 Å². The lowest BCUT2D eigenvalue weighted by molar-refractivity contribution is -0.140. The minimum atomic E-state index is -1.29. The molecule has 318 valence electrons. The first kappa shape index (κ1) is 50.0. The third-order valence-electron chi connectivity index (χ3n) is 8.02. The summed E-state index contributed by atoms with van der Waals surface area (Å²) in [5.74, 6) is -6.45. The van der Waals surface area contributed by atoms with E-state index in [4.69, 9.17) is 37.0 Å². The highest BCUT2D eigenvalue weighted by Crippen LogP contribution is 2.19. The molecule has 0 spiro atoms. The topological polar surface area (TPSA) is 341 Å². The fourth-order valence-electron chi connectivity index (χ4n) is 4.80. The molecule has 13 N–H and O–H groups in total. The van der Waals surface area contributed by atoms with Crippen LogP contribution in [-0.2, 0) is 44.8 Å². The molecule has 0 saturated carbocycles. The summed E-state index contributed by atoms with van der Waals surface area (Å²) in [4.78, 5) is 95.2. The van der Waals surface area contributed by atoms with Crippen LogP contribution < -0.4 is 37.6 Å². The number of carboxylic acids is 5. The molecule has 3 amide bonds. The molecule has 0 saturated heterocycles. The highest BCUT2D eigenvalue weighted by Gasteiger charge is 2.23. The number of carbonyl (C=O) groups is 8. The van der Waals surface area contributed by atoms with Gasteiger partial charge >= 0.3 is 29.8 Å². The molecular formula is C35H53N7O13S2. The highest BCUT2D eigenvalue weighted by atomic mass is 32.2. The molecule has 1 aromatic rings. The van der Waals surface area contributed by atoms with Gasteiger partial charge < -0.3 is 63.2 Å². The lowest BCUT2D eigenvalue weighted by Crippen LogP contribution is -2.49. The Morgan fingerprint density at radius 2 is 1.14 bits per heavy atom. The standard InChI is InChI=1S/C35H53N7O13S2/c1-21(38-17-31(47)48)26(40-28(43)11-9-24(36)34(52)53)19-56-15-13-42(23-7-5-22(6-8-23)3-2-4-30(45)46)14-16-57-20-27(33(51)39-18-32(49)50)41-29(44)12-10-25(37)35(54)55/h5-8,24-27,38H,1-4,9-20,36-37H2,(H,39,51)(H,40,43)(H,41,44)(H,45,46)(H,47,48)(H,49,50)(H,52,53)(H,54,55)/t24-,25-,26-,27-/m0/s1. The van der Waals surface area contributed by atoms with Crippen molar-refractivity contribution in [2.75, 3.05) is 54.1 Å². The quantitative estimate of drug-likeness (QED) is 0.0392. The number of nitrogens with two attached hydrogens (primary N) is 2. The number of nitrogens with zero attached hydrogens (tertiary/aromatic N) is 1. The van der Waals surface area contributed by atoms with E-state index < -0.39 is 84.8 Å². The van der Waals surface area contributed by atoms with Gasteiger partial charge in [0.1, 0.15) is 31.2 Å². The van der Waals surface area contributed by atoms with Gasteiger partial charge in [0.15, 0.2) is 0 Å². The number of carboxylic acid groups (broad SMARTS) is 5. The second-order valence-electron chi connectivity index (χ2n) is 12.6. The molecule has 0 fully saturated rings. The number of nitrogens with one attached hydrogen (secondary N) is 4. The van der Waals surface area contributed by atoms with Crippen molar-refractivity contribution in [2.24, 2.45) is 11.5 Å². The number of aryl methyl sites for hydroxylation is 1. The molecule has 4 atom stereocenters. The van der Waals surface area contributed by atoms with Gasteiger partial charge in [0.2, 0.25) is 17.7 Å². The zero-order valence-electron chi connectivity index (χ0n) is 31.4. The van der Waals surface area contributed by atoms with E-state index in [-0.39, 0.29) is 49.3 Å². The van der Waals surface area contributed by atoms with Gasteiger partial charge in [-0.15, -0.1) is 0 Å². The minimum Gasteiger partial charge on any atom is -0.481 e. The van der Waals surface area contributed by atoms with E-state index in [0.717, 1.165) is 11.3 Å². The molecule has 0 radical (unpaired) electrons. The zero-order chi connectivity index (χ0) is 42.9. The molecule has 0 heterocycles. The fourth-order valence-corrected chi connectivity index (χ4v) is 6.83. The minimum absolute atomic E-state index is 0.0313. The Kier molecular flexibility index (Phi) is 24.1. The predicted octanol–water partition coefficient (Wildman–Crippen LogP) is -0.891. The maximum atomic E-state index is 12.8. The summed E-state index contributed by atoms with van der Waals surface area (Å²) in [6.07, 6.45) is 0.324. The number of rotatable bonds is 32. The lowest BCUT2D eigenvalue weighted by Gasteiger charge is -2.26. The maximum absolute atomic E-state index is 12.8. The van der Waals surface area contributed by atoms with Crippen molar-refractivity contribution in [1.29, 1.82) is 0 Å². The summed E-state index contributed by atoms with van der Waals surface area (Å²) in [6, 6.07) is 3.20. The molecule has 57 heavy (non-hydrogen) atoms. The van der Waals surface area contributed by atoms with Crippen molar-refractivity contribution in [1.82, 2.24) is 21.3 Å². The number of thioether (sulfide) groups is 2. The molecule has 1 aromatic carbocycles. The Labute approximate surface area is 337 Å². The summed E-state index contributed by atoms with van der Waals surface area (Å²) < 4.78 is 0. The Bertz CT molecular complexity index is 1450. The van der Waals surface area contributed by atoms with Crippen molar-refractivity contribution >= 4 is 76.8 Å². The first-order chi connectivity index (χ1) is 26.9. The van der Waals surface area contributed by atoms with Crippen LogP contribution in [0.25, 0.3) is 0 Å². The zero-order valence-corrected chi connectivity index (χ0v) is 33.0. The third kappa shape index (κ3) is 22.9. The second kappa shape index (κ2) is 27.5. The van der Waals surface area contributed by atoms with Crippen molar-refractivity contribution in [2.45, 2.75) is 69.1 Å². The summed E-state index contributed by atoms with van der Waals surface area (Å²) in [5.41, 5.74) is 13.0. The Balaban J connectivity index is 3.05. The summed E-state index contributed by atoms with van der Waals surface area (Å²) in [6.45, 7) is 3.65. The van der Waals surface area contributed by atoms with Gasteiger partial charge in [0.05, 0.1) is 6.04 Å². The van der Waals surface area contributed by atoms with Crippen LogP contribution in [0.4, 0.5) is 5.69 Å². The van der Waals surface area contributed by atoms with Crippen LogP contribution in [0.3, 0.4) is 0 Å². The largest absolute Gasteiger partial charge is 0.481 e. The molecule has 0 aliphatic heterocycles. The van der Waals surface area contributed by atoms with Crippen LogP contribution in [0.1, 0.15) is 44.1 Å². The van der Waals surface area contributed by atoms with Crippen molar-refractivity contribution in [3.8, 4) is 0 Å². The predicted molar refractivity (Wildman–Crippen MR) is 213 cm³/mol. The van der Waals surface area contributed by atoms with Crippen LogP contribution in [0, 0.1) is 0 Å². The molecule has 0 bridgehead atoms. The van der Waals surface area contributed by atoms with Crippen LogP contribution in [0.5, 0.6) is 0 Å². The average Bonchev–Trinajstić information content (AvgIpc) is 3.15. The number of aliphatic carboxylic acids is 5. The molecule has 20 nitrogen and oxygen atoms in total. The molecule has 22 heteroatoms. The lowest BCUT2D eigenvalue weighted by atomic mass is 10.1. The number of hydrogen-bond acceptors (Lipinski definition) is 14. The summed E-state index contributed by atoms with van der Waals surface area (Å²) >= 11 is 2.73. The SMILES string of the molecule is C=C(NCC(=O)O)[C@H](CSCCN(CCSC[C@H](NC(=O)CC[C@H](N)C(=O)O)C(=O)NCC(=O)O)c1ccc(CCCC(=O)O)cc1)NC(=O)CC[C@H](N)C(=O)O. The van der Waals surface area contributed by atoms with Gasteiger partial charge in [0.25, 0.3) is 0 Å². The Morgan fingerprint density at radius 3 is 1.61 bits per heavy atom. The molecule has 0 aliphatic rings. The highest BCUT2D eigenvalue weighted by molar-refractivity contribution is 7.99. The first-order valence-corrected chi connectivity index (χ1v) is 20.1. The number of benzene rings is 1. The van der Waals surface area contributed by atoms with E-state index >= 15 is 0 Å². The van der Waals surface area contributed by atoms with Gasteiger partial charge in [0, 0.05) is 66.7 Å². The summed E-state index contributed by atoms with van der Waals surface area (Å²) in [7, 11) is 0. The normalized spacial score (nSPS) is 12.9. The Hall–Kier alpha value is -5.06. The van der Waals surface area contributed by atoms with Gasteiger partial charge in [-0.2, -0.15) is 23.5 Å². The van der Waals surface area contributed by atoms with Gasteiger partial charge in [-0.1, -0.05) is 18.7 Å². The number of anilines is 1. The van der Waals surface area contributed by atoms with Crippen LogP contribution in [0.15, 0.2) is 36.5 Å². The van der Waals surface area contributed by atoms with Crippen LogP contribution >= 0.6 is 23.5 Å². The monoisotopic (exact) mass is 843 g/mol. The smallest absolute Gasteiger partial charge is 0.322 e. The second-order valence-corrected chi connectivity index (χ2v) is 14.9. The molecule has 0 aliphatic carbocycles. The van der Waals surface area contributed by atoms with Crippen LogP contribution in [0.2, 0.25) is 0 Å². The molecule has 1 rings (SSSR count).